The summed E-state index contributed by atoms with van der Waals surface area (Å²) in [6.45, 7) is 3.26. The van der Waals surface area contributed by atoms with Crippen molar-refractivity contribution in [2.45, 2.75) is 38.8 Å². The molecule has 1 heterocycles. The van der Waals surface area contributed by atoms with E-state index in [1.165, 1.54) is 4.90 Å². The molecule has 1 aliphatic rings. The van der Waals surface area contributed by atoms with E-state index in [1.807, 2.05) is 91.0 Å². The van der Waals surface area contributed by atoms with E-state index in [0.717, 1.165) is 16.7 Å². The van der Waals surface area contributed by atoms with Gasteiger partial charge < -0.3 is 19.5 Å². The summed E-state index contributed by atoms with van der Waals surface area (Å²) in [5.74, 6) is 1.09. The van der Waals surface area contributed by atoms with Crippen LogP contribution in [0.4, 0.5) is 4.79 Å². The maximum Gasteiger partial charge on any atom is 0.408 e. The van der Waals surface area contributed by atoms with Gasteiger partial charge in [0.25, 0.3) is 5.91 Å². The van der Waals surface area contributed by atoms with E-state index in [1.54, 1.807) is 13.8 Å². The molecular weight excluding hydrogens is 508 g/mol. The molecule has 2 amide bonds. The van der Waals surface area contributed by atoms with Gasteiger partial charge in [0.05, 0.1) is 0 Å². The average Bonchev–Trinajstić information content (AvgIpc) is 2.98. The molecule has 1 N–H and O–H groups in total. The van der Waals surface area contributed by atoms with E-state index in [4.69, 9.17) is 20.6 Å². The van der Waals surface area contributed by atoms with Gasteiger partial charge in [-0.3, -0.25) is 9.69 Å². The molecule has 3 aromatic carbocycles. The predicted molar refractivity (Wildman–Crippen MR) is 148 cm³/mol. The Labute approximate surface area is 233 Å². The summed E-state index contributed by atoms with van der Waals surface area (Å²) in [5.41, 5.74) is 2.87. The molecule has 2 atom stereocenters. The smallest absolute Gasteiger partial charge is 0.408 e. The minimum absolute atomic E-state index is 0.0135. The minimum atomic E-state index is -1.10. The van der Waals surface area contributed by atoms with Crippen LogP contribution in [0, 0.1) is 12.3 Å². The number of allylic oxidation sites excluding steroid dienone is 1. The highest BCUT2D eigenvalue weighted by Gasteiger charge is 2.53. The fraction of sp³-hybridized carbons (Fsp3) is 0.219. The van der Waals surface area contributed by atoms with Crippen molar-refractivity contribution in [3.05, 3.63) is 119 Å². The number of hydrogen-bond acceptors (Lipinski definition) is 6. The van der Waals surface area contributed by atoms with E-state index in [9.17, 15) is 14.4 Å². The number of esters is 1. The van der Waals surface area contributed by atoms with Crippen molar-refractivity contribution in [1.82, 2.24) is 10.2 Å². The molecule has 1 fully saturated rings. The number of alkyl carbamates (subject to hydrolysis) is 1. The zero-order chi connectivity index (χ0) is 28.5. The highest BCUT2D eigenvalue weighted by molar-refractivity contribution is 6.01. The molecule has 40 heavy (non-hydrogen) atoms. The highest BCUT2D eigenvalue weighted by Crippen LogP contribution is 2.32. The molecule has 0 saturated carbocycles. The molecule has 0 unspecified atom stereocenters. The molecule has 0 radical (unpaired) electrons. The molecule has 0 aliphatic carbocycles. The summed E-state index contributed by atoms with van der Waals surface area (Å²) >= 11 is 0. The summed E-state index contributed by atoms with van der Waals surface area (Å²) in [5, 5.41) is 2.53. The van der Waals surface area contributed by atoms with Gasteiger partial charge in [0.1, 0.15) is 18.9 Å². The quantitative estimate of drug-likeness (QED) is 0.174. The molecule has 0 spiro atoms. The third kappa shape index (κ3) is 6.57. The number of amides is 2. The van der Waals surface area contributed by atoms with Crippen LogP contribution in [-0.2, 0) is 30.4 Å². The van der Waals surface area contributed by atoms with Crippen LogP contribution in [0.3, 0.4) is 0 Å². The number of hydrogen-bond donors (Lipinski definition) is 1. The lowest BCUT2D eigenvalue weighted by molar-refractivity contribution is -0.179. The van der Waals surface area contributed by atoms with Crippen molar-refractivity contribution in [2.75, 3.05) is 6.61 Å². The Morgan fingerprint density at radius 2 is 1.48 bits per heavy atom. The zero-order valence-corrected chi connectivity index (χ0v) is 22.3. The number of benzene rings is 3. The Morgan fingerprint density at radius 3 is 2.00 bits per heavy atom. The van der Waals surface area contributed by atoms with E-state index in [0.29, 0.717) is 5.57 Å². The zero-order valence-electron chi connectivity index (χ0n) is 22.3. The molecule has 4 rings (SSSR count). The van der Waals surface area contributed by atoms with Gasteiger partial charge in [0, 0.05) is 0 Å². The maximum absolute atomic E-state index is 13.6. The van der Waals surface area contributed by atoms with E-state index in [-0.39, 0.29) is 18.9 Å². The van der Waals surface area contributed by atoms with Gasteiger partial charge in [-0.2, -0.15) is 0 Å². The first-order valence-corrected chi connectivity index (χ1v) is 12.7. The van der Waals surface area contributed by atoms with Crippen LogP contribution in [-0.4, -0.2) is 41.7 Å². The van der Waals surface area contributed by atoms with Crippen LogP contribution in [0.1, 0.15) is 36.6 Å². The SMILES string of the molecule is C#CCO[C@@H]1[C@H](NC(=O)OCc2ccccc2)C(=O)N1C(C(=O)OC(c1ccccc1)c1ccccc1)=C(C)C. The summed E-state index contributed by atoms with van der Waals surface area (Å²) < 4.78 is 17.0. The first kappa shape index (κ1) is 28.1. The highest BCUT2D eigenvalue weighted by atomic mass is 16.6. The van der Waals surface area contributed by atoms with Crippen molar-refractivity contribution < 1.29 is 28.6 Å². The normalized spacial score (nSPS) is 15.9. The number of carbonyl (C=O) groups is 3. The number of β-lactam (4-membered cyclic amide) rings is 1. The van der Waals surface area contributed by atoms with Crippen LogP contribution >= 0.6 is 0 Å². The molecule has 3 aromatic rings. The summed E-state index contributed by atoms with van der Waals surface area (Å²) in [4.78, 5) is 40.6. The Kier molecular flexibility index (Phi) is 9.34. The van der Waals surface area contributed by atoms with E-state index in [2.05, 4.69) is 11.2 Å². The van der Waals surface area contributed by atoms with Gasteiger partial charge in [-0.25, -0.2) is 9.59 Å². The number of carbonyl (C=O) groups excluding carboxylic acids is 3. The summed E-state index contributed by atoms with van der Waals surface area (Å²) in [7, 11) is 0. The largest absolute Gasteiger partial charge is 0.448 e. The molecule has 8 heteroatoms. The second-order valence-electron chi connectivity index (χ2n) is 9.25. The van der Waals surface area contributed by atoms with E-state index >= 15 is 0 Å². The Morgan fingerprint density at radius 1 is 0.925 bits per heavy atom. The fourth-order valence-corrected chi connectivity index (χ4v) is 4.32. The van der Waals surface area contributed by atoms with Crippen LogP contribution in [0.15, 0.2) is 102 Å². The average molecular weight is 539 g/mol. The van der Waals surface area contributed by atoms with Crippen LogP contribution in [0.5, 0.6) is 0 Å². The van der Waals surface area contributed by atoms with Gasteiger partial charge in [-0.15, -0.1) is 6.42 Å². The second-order valence-corrected chi connectivity index (χ2v) is 9.25. The number of ether oxygens (including phenoxy) is 3. The van der Waals surface area contributed by atoms with Crippen molar-refractivity contribution in [2.24, 2.45) is 0 Å². The van der Waals surface area contributed by atoms with Crippen molar-refractivity contribution >= 4 is 18.0 Å². The predicted octanol–water partition coefficient (Wildman–Crippen LogP) is 4.73. The van der Waals surface area contributed by atoms with Crippen LogP contribution in [0.25, 0.3) is 0 Å². The number of nitrogens with one attached hydrogen (secondary N) is 1. The molecule has 1 saturated heterocycles. The Bertz CT molecular complexity index is 1360. The first-order chi connectivity index (χ1) is 19.4. The molecule has 0 aromatic heterocycles. The lowest BCUT2D eigenvalue weighted by Crippen LogP contribution is -2.71. The van der Waals surface area contributed by atoms with Crippen LogP contribution < -0.4 is 5.32 Å². The fourth-order valence-electron chi connectivity index (χ4n) is 4.32. The Balaban J connectivity index is 1.52. The summed E-state index contributed by atoms with van der Waals surface area (Å²) in [6.07, 6.45) is 2.84. The Hall–Kier alpha value is -4.87. The monoisotopic (exact) mass is 538 g/mol. The van der Waals surface area contributed by atoms with Crippen LogP contribution in [0.2, 0.25) is 0 Å². The van der Waals surface area contributed by atoms with Gasteiger partial charge in [-0.1, -0.05) is 96.9 Å². The lowest BCUT2D eigenvalue weighted by Gasteiger charge is -2.46. The molecule has 0 bridgehead atoms. The number of terminal acetylenes is 1. The van der Waals surface area contributed by atoms with Gasteiger partial charge in [-0.05, 0) is 36.1 Å². The first-order valence-electron chi connectivity index (χ1n) is 12.7. The summed E-state index contributed by atoms with van der Waals surface area (Å²) in [6, 6.07) is 26.7. The standard InChI is InChI=1S/C32H30N2O6/c1-4-20-38-30-26(33-32(37)39-21-23-14-8-5-9-15-23)29(35)34(30)27(22(2)3)31(36)40-28(24-16-10-6-11-17-24)25-18-12-7-13-19-25/h1,5-19,26,28,30H,20-21H2,2-3H3,(H,33,37)/t26-,30-/m1/s1. The van der Waals surface area contributed by atoms with Gasteiger partial charge >= 0.3 is 12.1 Å². The number of rotatable bonds is 10. The molecular formula is C32H30N2O6. The third-order valence-electron chi connectivity index (χ3n) is 6.20. The minimum Gasteiger partial charge on any atom is -0.448 e. The lowest BCUT2D eigenvalue weighted by atomic mass is 10.00. The van der Waals surface area contributed by atoms with Gasteiger partial charge in [0.2, 0.25) is 0 Å². The molecule has 1 aliphatic heterocycles. The van der Waals surface area contributed by atoms with Crippen molar-refractivity contribution in [3.8, 4) is 12.3 Å². The third-order valence-corrected chi connectivity index (χ3v) is 6.20. The second kappa shape index (κ2) is 13.3. The van der Waals surface area contributed by atoms with Crippen molar-refractivity contribution in [1.29, 1.82) is 0 Å². The topological polar surface area (TPSA) is 94.2 Å². The van der Waals surface area contributed by atoms with E-state index < -0.39 is 36.3 Å². The van der Waals surface area contributed by atoms with Gasteiger partial charge in [0.15, 0.2) is 18.4 Å². The number of nitrogens with zero attached hydrogens (tertiary/aromatic N) is 1. The van der Waals surface area contributed by atoms with Crippen molar-refractivity contribution in [3.63, 3.8) is 0 Å². The number of likely N-dealkylation sites (tertiary alicyclic amines) is 1. The molecule has 204 valence electrons. The molecule has 8 nitrogen and oxygen atoms in total. The maximum atomic E-state index is 13.6.